The van der Waals surface area contributed by atoms with Gasteiger partial charge in [0.25, 0.3) is 0 Å². The molecule has 0 atom stereocenters. The van der Waals surface area contributed by atoms with E-state index in [4.69, 9.17) is 18.9 Å². The smallest absolute Gasteiger partial charge is 0.183 e. The fraction of sp³-hybridized carbons (Fsp3) is 0.250. The Morgan fingerprint density at radius 2 is 1.44 bits per heavy atom. The van der Waals surface area contributed by atoms with Crippen LogP contribution in [0.4, 0.5) is 5.13 Å². The van der Waals surface area contributed by atoms with Crippen molar-refractivity contribution in [2.24, 2.45) is 0 Å². The zero-order valence-electron chi connectivity index (χ0n) is 15.7. The molecule has 27 heavy (non-hydrogen) atoms. The van der Waals surface area contributed by atoms with Crippen LogP contribution in [0.3, 0.4) is 0 Å². The molecule has 1 heterocycles. The maximum absolute atomic E-state index is 5.36. The van der Waals surface area contributed by atoms with Gasteiger partial charge in [0.05, 0.1) is 34.1 Å². The molecule has 0 fully saturated rings. The van der Waals surface area contributed by atoms with Crippen molar-refractivity contribution in [1.29, 1.82) is 0 Å². The van der Waals surface area contributed by atoms with Crippen LogP contribution in [-0.2, 0) is 6.54 Å². The molecular weight excluding hydrogens is 364 g/mol. The van der Waals surface area contributed by atoms with Crippen LogP contribution >= 0.6 is 11.3 Å². The van der Waals surface area contributed by atoms with Gasteiger partial charge in [0, 0.05) is 17.5 Å². The molecule has 0 radical (unpaired) electrons. The number of anilines is 1. The number of nitrogens with one attached hydrogen (secondary N) is 1. The molecule has 6 nitrogen and oxygen atoms in total. The van der Waals surface area contributed by atoms with Gasteiger partial charge >= 0.3 is 0 Å². The maximum Gasteiger partial charge on any atom is 0.183 e. The molecular formula is C20H22N2O4S. The number of benzene rings is 2. The second-order valence-corrected chi connectivity index (χ2v) is 6.51. The lowest BCUT2D eigenvalue weighted by molar-refractivity contribution is 0.354. The number of ether oxygens (including phenoxy) is 4. The summed E-state index contributed by atoms with van der Waals surface area (Å²) in [6.07, 6.45) is 0. The molecule has 142 valence electrons. The van der Waals surface area contributed by atoms with Gasteiger partial charge in [-0.1, -0.05) is 6.07 Å². The highest BCUT2D eigenvalue weighted by atomic mass is 32.1. The summed E-state index contributed by atoms with van der Waals surface area (Å²) in [5.41, 5.74) is 2.94. The van der Waals surface area contributed by atoms with E-state index in [-0.39, 0.29) is 0 Å². The van der Waals surface area contributed by atoms with Gasteiger partial charge in [-0.3, -0.25) is 0 Å². The van der Waals surface area contributed by atoms with Gasteiger partial charge in [0.1, 0.15) is 0 Å². The topological polar surface area (TPSA) is 61.8 Å². The number of hydrogen-bond donors (Lipinski definition) is 1. The van der Waals surface area contributed by atoms with Gasteiger partial charge in [-0.25, -0.2) is 4.98 Å². The Bertz CT molecular complexity index is 911. The molecule has 0 aliphatic heterocycles. The molecule has 0 bridgehead atoms. The average Bonchev–Trinajstić information content (AvgIpc) is 3.20. The summed E-state index contributed by atoms with van der Waals surface area (Å²) in [5.74, 6) is 2.80. The molecule has 2 aromatic carbocycles. The van der Waals surface area contributed by atoms with Crippen molar-refractivity contribution >= 4 is 16.5 Å². The van der Waals surface area contributed by atoms with E-state index in [0.29, 0.717) is 29.5 Å². The first-order valence-corrected chi connectivity index (χ1v) is 9.19. The number of hydrogen-bond acceptors (Lipinski definition) is 7. The first-order valence-electron chi connectivity index (χ1n) is 8.31. The minimum Gasteiger partial charge on any atom is -0.493 e. The lowest BCUT2D eigenvalue weighted by atomic mass is 10.1. The fourth-order valence-electron chi connectivity index (χ4n) is 2.65. The quantitative estimate of drug-likeness (QED) is 0.617. The minimum absolute atomic E-state index is 0.638. The monoisotopic (exact) mass is 386 g/mol. The van der Waals surface area contributed by atoms with Crippen molar-refractivity contribution in [2.75, 3.05) is 33.8 Å². The van der Waals surface area contributed by atoms with E-state index in [1.165, 1.54) is 0 Å². The highest BCUT2D eigenvalue weighted by molar-refractivity contribution is 7.14. The fourth-order valence-corrected chi connectivity index (χ4v) is 3.37. The van der Waals surface area contributed by atoms with E-state index in [0.717, 1.165) is 22.0 Å². The van der Waals surface area contributed by atoms with E-state index in [1.54, 1.807) is 39.8 Å². The van der Waals surface area contributed by atoms with E-state index in [9.17, 15) is 0 Å². The largest absolute Gasteiger partial charge is 0.493 e. The van der Waals surface area contributed by atoms with Crippen LogP contribution in [-0.4, -0.2) is 33.4 Å². The predicted octanol–water partition coefficient (Wildman–Crippen LogP) is 4.46. The molecule has 7 heteroatoms. The SMILES string of the molecule is COc1ccc(CNc2nc(-c3ccc(OC)c(OC)c3)cs2)cc1OC. The molecule has 1 N–H and O–H groups in total. The van der Waals surface area contributed by atoms with Crippen LogP contribution in [0.15, 0.2) is 41.8 Å². The summed E-state index contributed by atoms with van der Waals surface area (Å²) >= 11 is 1.55. The average molecular weight is 386 g/mol. The van der Waals surface area contributed by atoms with Gasteiger partial charge < -0.3 is 24.3 Å². The summed E-state index contributed by atoms with van der Waals surface area (Å²) in [7, 11) is 6.50. The predicted molar refractivity (Wildman–Crippen MR) is 108 cm³/mol. The van der Waals surface area contributed by atoms with E-state index in [2.05, 4.69) is 10.3 Å². The molecule has 0 amide bonds. The van der Waals surface area contributed by atoms with Crippen molar-refractivity contribution in [1.82, 2.24) is 4.98 Å². The van der Waals surface area contributed by atoms with Crippen molar-refractivity contribution in [2.45, 2.75) is 6.54 Å². The van der Waals surface area contributed by atoms with E-state index < -0.39 is 0 Å². The van der Waals surface area contributed by atoms with Crippen LogP contribution in [0, 0.1) is 0 Å². The number of thiazole rings is 1. The number of aromatic nitrogens is 1. The lowest BCUT2D eigenvalue weighted by Gasteiger charge is -2.10. The Morgan fingerprint density at radius 3 is 2.11 bits per heavy atom. The zero-order chi connectivity index (χ0) is 19.2. The third-order valence-electron chi connectivity index (χ3n) is 4.08. The molecule has 0 spiro atoms. The molecule has 0 saturated heterocycles. The molecule has 0 saturated carbocycles. The normalized spacial score (nSPS) is 10.4. The second kappa shape index (κ2) is 8.64. The van der Waals surface area contributed by atoms with Gasteiger partial charge in [0.15, 0.2) is 28.1 Å². The summed E-state index contributed by atoms with van der Waals surface area (Å²) in [6.45, 7) is 0.638. The highest BCUT2D eigenvalue weighted by Crippen LogP contribution is 2.34. The summed E-state index contributed by atoms with van der Waals surface area (Å²) < 4.78 is 21.3. The minimum atomic E-state index is 0.638. The van der Waals surface area contributed by atoms with Gasteiger partial charge in [-0.05, 0) is 35.9 Å². The number of rotatable bonds is 8. The maximum atomic E-state index is 5.36. The van der Waals surface area contributed by atoms with Crippen molar-refractivity contribution in [3.63, 3.8) is 0 Å². The van der Waals surface area contributed by atoms with Gasteiger partial charge in [-0.2, -0.15) is 0 Å². The van der Waals surface area contributed by atoms with Crippen LogP contribution in [0.25, 0.3) is 11.3 Å². The standard InChI is InChI=1S/C20H22N2O4S/c1-23-16-7-5-13(9-18(16)25-3)11-21-20-22-15(12-27-20)14-6-8-17(24-2)19(10-14)26-4/h5-10,12H,11H2,1-4H3,(H,21,22). The van der Waals surface area contributed by atoms with Gasteiger partial charge in [-0.15, -0.1) is 11.3 Å². The second-order valence-electron chi connectivity index (χ2n) is 5.65. The first kappa shape index (κ1) is 18.8. The Kier molecular flexibility index (Phi) is 6.03. The van der Waals surface area contributed by atoms with Crippen molar-refractivity contribution in [3.8, 4) is 34.3 Å². The third kappa shape index (κ3) is 4.25. The Labute approximate surface area is 162 Å². The van der Waals surface area contributed by atoms with Crippen molar-refractivity contribution < 1.29 is 18.9 Å². The highest BCUT2D eigenvalue weighted by Gasteiger charge is 2.10. The summed E-state index contributed by atoms with van der Waals surface area (Å²) in [5, 5.41) is 6.20. The first-order chi connectivity index (χ1) is 13.2. The van der Waals surface area contributed by atoms with Gasteiger partial charge in [0.2, 0.25) is 0 Å². The third-order valence-corrected chi connectivity index (χ3v) is 4.88. The van der Waals surface area contributed by atoms with Crippen LogP contribution in [0.5, 0.6) is 23.0 Å². The Balaban J connectivity index is 1.71. The molecule has 0 aliphatic carbocycles. The Hall–Kier alpha value is -2.93. The summed E-state index contributed by atoms with van der Waals surface area (Å²) in [6, 6.07) is 11.6. The van der Waals surface area contributed by atoms with E-state index in [1.807, 2.05) is 41.8 Å². The number of methoxy groups -OCH3 is 4. The molecule has 1 aromatic heterocycles. The zero-order valence-corrected chi connectivity index (χ0v) is 16.6. The Morgan fingerprint density at radius 1 is 0.815 bits per heavy atom. The number of nitrogens with zero attached hydrogens (tertiary/aromatic N) is 1. The van der Waals surface area contributed by atoms with E-state index >= 15 is 0 Å². The summed E-state index contributed by atoms with van der Waals surface area (Å²) in [4.78, 5) is 4.66. The molecule has 3 rings (SSSR count). The lowest BCUT2D eigenvalue weighted by Crippen LogP contribution is -2.00. The van der Waals surface area contributed by atoms with Crippen LogP contribution < -0.4 is 24.3 Å². The molecule has 3 aromatic rings. The molecule has 0 unspecified atom stereocenters. The van der Waals surface area contributed by atoms with Crippen LogP contribution in [0.1, 0.15) is 5.56 Å². The van der Waals surface area contributed by atoms with Crippen LogP contribution in [0.2, 0.25) is 0 Å². The molecule has 0 aliphatic rings. The van der Waals surface area contributed by atoms with Crippen molar-refractivity contribution in [3.05, 3.63) is 47.3 Å².